The molecule has 1 aliphatic carbocycles. The average Bonchev–Trinajstić information content (AvgIpc) is 2.34. The Morgan fingerprint density at radius 3 is 2.88 bits per heavy atom. The van der Waals surface area contributed by atoms with Gasteiger partial charge in [-0.1, -0.05) is 13.8 Å². The minimum atomic E-state index is 0.484. The third kappa shape index (κ3) is 2.76. The van der Waals surface area contributed by atoms with Crippen LogP contribution in [0.2, 0.25) is 0 Å². The first-order valence-electron chi connectivity index (χ1n) is 6.32. The molecule has 17 heavy (non-hydrogen) atoms. The van der Waals surface area contributed by atoms with Crippen LogP contribution in [0, 0.1) is 23.2 Å². The van der Waals surface area contributed by atoms with Crippen LogP contribution in [0.5, 0.6) is 0 Å². The van der Waals surface area contributed by atoms with Gasteiger partial charge in [0, 0.05) is 12.2 Å². The van der Waals surface area contributed by atoms with Crippen LogP contribution in [0.4, 0.5) is 5.69 Å². The summed E-state index contributed by atoms with van der Waals surface area (Å²) in [4.78, 5) is 4.07. The quantitative estimate of drug-likeness (QED) is 0.847. The predicted octanol–water partition coefficient (Wildman–Crippen LogP) is 3.19. The Balaban J connectivity index is 2.04. The van der Waals surface area contributed by atoms with Crippen LogP contribution in [0.15, 0.2) is 18.3 Å². The van der Waals surface area contributed by atoms with E-state index in [0.717, 1.165) is 17.5 Å². The number of anilines is 1. The number of hydrogen-bond acceptors (Lipinski definition) is 3. The minimum absolute atomic E-state index is 0.484. The molecule has 0 aromatic carbocycles. The van der Waals surface area contributed by atoms with Gasteiger partial charge in [-0.2, -0.15) is 5.26 Å². The largest absolute Gasteiger partial charge is 0.380 e. The third-order valence-corrected chi connectivity index (χ3v) is 3.87. The fourth-order valence-corrected chi connectivity index (χ4v) is 2.51. The summed E-state index contributed by atoms with van der Waals surface area (Å²) in [5.41, 5.74) is 1.38. The zero-order valence-corrected chi connectivity index (χ0v) is 10.5. The Labute approximate surface area is 103 Å². The maximum absolute atomic E-state index is 8.99. The van der Waals surface area contributed by atoms with Crippen LogP contribution < -0.4 is 5.32 Å². The fourth-order valence-electron chi connectivity index (χ4n) is 2.51. The van der Waals surface area contributed by atoms with E-state index in [2.05, 4.69) is 30.2 Å². The van der Waals surface area contributed by atoms with E-state index >= 15 is 0 Å². The van der Waals surface area contributed by atoms with Crippen molar-refractivity contribution in [3.05, 3.63) is 24.0 Å². The van der Waals surface area contributed by atoms with Gasteiger partial charge in [-0.25, -0.2) is 4.98 Å². The van der Waals surface area contributed by atoms with Crippen LogP contribution in [0.1, 0.15) is 38.8 Å². The molecule has 3 unspecified atom stereocenters. The molecule has 0 aliphatic heterocycles. The van der Waals surface area contributed by atoms with E-state index in [1.807, 2.05) is 12.1 Å². The molecule has 1 N–H and O–H groups in total. The maximum atomic E-state index is 8.99. The highest BCUT2D eigenvalue weighted by molar-refractivity contribution is 5.53. The van der Waals surface area contributed by atoms with E-state index in [4.69, 9.17) is 5.26 Å². The first-order chi connectivity index (χ1) is 8.20. The summed E-state index contributed by atoms with van der Waals surface area (Å²) < 4.78 is 0. The number of nitrogens with zero attached hydrogens (tertiary/aromatic N) is 2. The van der Waals surface area contributed by atoms with Gasteiger partial charge in [-0.3, -0.25) is 0 Å². The summed E-state index contributed by atoms with van der Waals surface area (Å²) in [5.74, 6) is 1.57. The van der Waals surface area contributed by atoms with Crippen molar-refractivity contribution in [3.8, 4) is 6.07 Å². The van der Waals surface area contributed by atoms with Crippen LogP contribution in [-0.2, 0) is 0 Å². The molecule has 0 saturated heterocycles. The standard InChI is InChI=1S/C14H19N3/c1-10-5-6-12(8-11(10)2)17-13-4-3-7-16-14(13)9-15/h3-4,7,10-12,17H,5-6,8H2,1-2H3. The topological polar surface area (TPSA) is 48.7 Å². The molecule has 1 aromatic rings. The number of hydrogen-bond donors (Lipinski definition) is 1. The van der Waals surface area contributed by atoms with Crippen molar-refractivity contribution in [2.45, 2.75) is 39.2 Å². The van der Waals surface area contributed by atoms with Gasteiger partial charge in [0.25, 0.3) is 0 Å². The smallest absolute Gasteiger partial charge is 0.163 e. The first-order valence-corrected chi connectivity index (χ1v) is 6.32. The highest BCUT2D eigenvalue weighted by Crippen LogP contribution is 2.31. The highest BCUT2D eigenvalue weighted by Gasteiger charge is 2.24. The lowest BCUT2D eigenvalue weighted by Crippen LogP contribution is -2.30. The van der Waals surface area contributed by atoms with Gasteiger partial charge in [0.15, 0.2) is 5.69 Å². The summed E-state index contributed by atoms with van der Waals surface area (Å²) in [6.45, 7) is 4.64. The second kappa shape index (κ2) is 5.18. The van der Waals surface area contributed by atoms with Crippen molar-refractivity contribution in [1.82, 2.24) is 4.98 Å². The normalized spacial score (nSPS) is 28.4. The van der Waals surface area contributed by atoms with Gasteiger partial charge in [0.05, 0.1) is 5.69 Å². The summed E-state index contributed by atoms with van der Waals surface area (Å²) in [7, 11) is 0. The second-order valence-electron chi connectivity index (χ2n) is 5.12. The van der Waals surface area contributed by atoms with E-state index in [1.165, 1.54) is 19.3 Å². The third-order valence-electron chi connectivity index (χ3n) is 3.87. The highest BCUT2D eigenvalue weighted by atomic mass is 14.9. The molecule has 90 valence electrons. The molecule has 1 saturated carbocycles. The Hall–Kier alpha value is -1.56. The number of nitrogens with one attached hydrogen (secondary N) is 1. The summed E-state index contributed by atoms with van der Waals surface area (Å²) in [5, 5.41) is 12.5. The van der Waals surface area contributed by atoms with Gasteiger partial charge in [0.2, 0.25) is 0 Å². The van der Waals surface area contributed by atoms with E-state index in [9.17, 15) is 0 Å². The SMILES string of the molecule is CC1CCC(Nc2cccnc2C#N)CC1C. The van der Waals surface area contributed by atoms with Crippen molar-refractivity contribution < 1.29 is 0 Å². The maximum Gasteiger partial charge on any atom is 0.163 e. The van der Waals surface area contributed by atoms with Gasteiger partial charge in [-0.05, 0) is 43.2 Å². The van der Waals surface area contributed by atoms with E-state index in [-0.39, 0.29) is 0 Å². The minimum Gasteiger partial charge on any atom is -0.380 e. The number of nitriles is 1. The lowest BCUT2D eigenvalue weighted by Gasteiger charge is -2.33. The molecule has 1 aliphatic rings. The number of aromatic nitrogens is 1. The summed E-state index contributed by atoms with van der Waals surface area (Å²) in [6.07, 6.45) is 5.29. The molecule has 0 radical (unpaired) electrons. The van der Waals surface area contributed by atoms with Crippen molar-refractivity contribution >= 4 is 5.69 Å². The Morgan fingerprint density at radius 1 is 1.35 bits per heavy atom. The zero-order valence-electron chi connectivity index (χ0n) is 10.5. The molecule has 3 nitrogen and oxygen atoms in total. The molecule has 3 heteroatoms. The predicted molar refractivity (Wildman–Crippen MR) is 68.5 cm³/mol. The fraction of sp³-hybridized carbons (Fsp3) is 0.571. The van der Waals surface area contributed by atoms with E-state index in [0.29, 0.717) is 11.7 Å². The summed E-state index contributed by atoms with van der Waals surface area (Å²) in [6, 6.07) is 6.43. The second-order valence-corrected chi connectivity index (χ2v) is 5.12. The zero-order chi connectivity index (χ0) is 12.3. The van der Waals surface area contributed by atoms with Gasteiger partial charge in [0.1, 0.15) is 6.07 Å². The van der Waals surface area contributed by atoms with Crippen molar-refractivity contribution in [1.29, 1.82) is 5.26 Å². The molecule has 0 bridgehead atoms. The molecular weight excluding hydrogens is 210 g/mol. The van der Waals surface area contributed by atoms with Gasteiger partial charge < -0.3 is 5.32 Å². The van der Waals surface area contributed by atoms with Crippen molar-refractivity contribution in [2.75, 3.05) is 5.32 Å². The van der Waals surface area contributed by atoms with Gasteiger partial charge in [-0.15, -0.1) is 0 Å². The van der Waals surface area contributed by atoms with Crippen LogP contribution in [0.3, 0.4) is 0 Å². The lowest BCUT2D eigenvalue weighted by atomic mass is 9.79. The van der Waals surface area contributed by atoms with E-state index < -0.39 is 0 Å². The molecule has 1 aromatic heterocycles. The lowest BCUT2D eigenvalue weighted by molar-refractivity contribution is 0.261. The summed E-state index contributed by atoms with van der Waals surface area (Å²) >= 11 is 0. The van der Waals surface area contributed by atoms with Crippen LogP contribution in [0.25, 0.3) is 0 Å². The Bertz CT molecular complexity index is 422. The van der Waals surface area contributed by atoms with Crippen LogP contribution >= 0.6 is 0 Å². The Kier molecular flexibility index (Phi) is 3.63. The Morgan fingerprint density at radius 2 is 2.18 bits per heavy atom. The molecular formula is C14H19N3. The molecule has 0 amide bonds. The molecule has 0 spiro atoms. The average molecular weight is 229 g/mol. The van der Waals surface area contributed by atoms with Crippen LogP contribution in [-0.4, -0.2) is 11.0 Å². The number of pyridine rings is 1. The van der Waals surface area contributed by atoms with Crippen molar-refractivity contribution in [2.24, 2.45) is 11.8 Å². The molecule has 3 atom stereocenters. The monoisotopic (exact) mass is 229 g/mol. The van der Waals surface area contributed by atoms with Gasteiger partial charge >= 0.3 is 0 Å². The first kappa shape index (κ1) is 11.9. The molecule has 1 fully saturated rings. The molecule has 1 heterocycles. The van der Waals surface area contributed by atoms with Crippen molar-refractivity contribution in [3.63, 3.8) is 0 Å². The number of rotatable bonds is 2. The molecule has 2 rings (SSSR count). The van der Waals surface area contributed by atoms with E-state index in [1.54, 1.807) is 6.20 Å².